The fourth-order valence-electron chi connectivity index (χ4n) is 1.31. The molecule has 0 fully saturated rings. The molecule has 0 bridgehead atoms. The number of hydrogen-bond acceptors (Lipinski definition) is 3. The van der Waals surface area contributed by atoms with Gasteiger partial charge in [-0.3, -0.25) is 0 Å². The maximum Gasteiger partial charge on any atom is 0.418 e. The minimum atomic E-state index is -4.47. The highest BCUT2D eigenvalue weighted by molar-refractivity contribution is 7.89. The highest BCUT2D eigenvalue weighted by Gasteiger charge is 2.33. The topological polar surface area (TPSA) is 58.2 Å². The van der Waals surface area contributed by atoms with E-state index in [2.05, 4.69) is 10.0 Å². The summed E-state index contributed by atoms with van der Waals surface area (Å²) in [7, 11) is -2.18. The minimum absolute atomic E-state index is 0.101. The number of rotatable bonds is 5. The van der Waals surface area contributed by atoms with Crippen LogP contribution in [0.5, 0.6) is 0 Å². The predicted molar refractivity (Wildman–Crippen MR) is 62.8 cm³/mol. The van der Waals surface area contributed by atoms with E-state index in [9.17, 15) is 21.6 Å². The Morgan fingerprint density at radius 2 is 1.83 bits per heavy atom. The van der Waals surface area contributed by atoms with E-state index in [-0.39, 0.29) is 18.0 Å². The van der Waals surface area contributed by atoms with Gasteiger partial charge in [-0.25, -0.2) is 13.1 Å². The molecule has 0 heterocycles. The third-order valence-corrected chi connectivity index (χ3v) is 3.59. The quantitative estimate of drug-likeness (QED) is 0.863. The summed E-state index contributed by atoms with van der Waals surface area (Å²) in [5.74, 6) is -0.296. The third kappa shape index (κ3) is 4.19. The first kappa shape index (κ1) is 14.8. The fraction of sp³-hybridized carbons (Fsp3) is 0.400. The van der Waals surface area contributed by atoms with E-state index in [1.165, 1.54) is 25.2 Å². The molecule has 0 unspecified atom stereocenters. The van der Waals surface area contributed by atoms with Crippen LogP contribution in [0.2, 0.25) is 0 Å². The smallest absolute Gasteiger partial charge is 0.383 e. The average molecular weight is 282 g/mol. The van der Waals surface area contributed by atoms with E-state index >= 15 is 0 Å². The highest BCUT2D eigenvalue weighted by Crippen LogP contribution is 2.34. The van der Waals surface area contributed by atoms with E-state index in [0.29, 0.717) is 0 Å². The summed E-state index contributed by atoms with van der Waals surface area (Å²) in [6, 6.07) is 4.92. The summed E-state index contributed by atoms with van der Waals surface area (Å²) < 4.78 is 62.1. The van der Waals surface area contributed by atoms with Gasteiger partial charge in [-0.1, -0.05) is 12.1 Å². The Hall–Kier alpha value is -1.28. The van der Waals surface area contributed by atoms with Gasteiger partial charge in [0.15, 0.2) is 0 Å². The van der Waals surface area contributed by atoms with Crippen molar-refractivity contribution in [3.05, 3.63) is 29.8 Å². The largest absolute Gasteiger partial charge is 0.418 e. The Kier molecular flexibility index (Phi) is 4.58. The van der Waals surface area contributed by atoms with Crippen LogP contribution in [0.4, 0.5) is 18.9 Å². The van der Waals surface area contributed by atoms with E-state index < -0.39 is 21.8 Å². The molecule has 0 radical (unpaired) electrons. The van der Waals surface area contributed by atoms with Crippen molar-refractivity contribution in [2.75, 3.05) is 24.7 Å². The predicted octanol–water partition coefficient (Wildman–Crippen LogP) is 1.67. The highest BCUT2D eigenvalue weighted by atomic mass is 32.2. The van der Waals surface area contributed by atoms with Gasteiger partial charge in [0.25, 0.3) is 0 Å². The van der Waals surface area contributed by atoms with E-state index in [1.807, 2.05) is 0 Å². The van der Waals surface area contributed by atoms with Gasteiger partial charge in [-0.2, -0.15) is 13.2 Å². The molecule has 0 aliphatic rings. The van der Waals surface area contributed by atoms with Crippen LogP contribution in [-0.4, -0.2) is 27.8 Å². The van der Waals surface area contributed by atoms with Crippen LogP contribution in [0.15, 0.2) is 24.3 Å². The molecule has 2 N–H and O–H groups in total. The van der Waals surface area contributed by atoms with Crippen molar-refractivity contribution in [1.82, 2.24) is 4.72 Å². The monoisotopic (exact) mass is 282 g/mol. The van der Waals surface area contributed by atoms with Crippen LogP contribution in [0.1, 0.15) is 5.56 Å². The molecule has 1 aromatic carbocycles. The number of sulfonamides is 1. The Labute approximate surface area is 103 Å². The summed E-state index contributed by atoms with van der Waals surface area (Å²) in [4.78, 5) is 0. The van der Waals surface area contributed by atoms with E-state index in [4.69, 9.17) is 0 Å². The first-order chi connectivity index (χ1) is 8.26. The van der Waals surface area contributed by atoms with E-state index in [1.54, 1.807) is 0 Å². The van der Waals surface area contributed by atoms with Crippen molar-refractivity contribution in [3.63, 3.8) is 0 Å². The lowest BCUT2D eigenvalue weighted by Crippen LogP contribution is -2.26. The Morgan fingerprint density at radius 1 is 1.22 bits per heavy atom. The van der Waals surface area contributed by atoms with Crippen molar-refractivity contribution in [2.24, 2.45) is 0 Å². The summed E-state index contributed by atoms with van der Waals surface area (Å²) in [6.07, 6.45) is -4.47. The standard InChI is InChI=1S/C10H13F3N2O2S/c1-14-18(16,17)7-6-15-9-5-3-2-4-8(9)10(11,12)13/h2-5,14-15H,6-7H2,1H3. The Balaban J connectivity index is 2.75. The van der Waals surface area contributed by atoms with Crippen molar-refractivity contribution >= 4 is 15.7 Å². The van der Waals surface area contributed by atoms with E-state index in [0.717, 1.165) is 6.07 Å². The second-order valence-corrected chi connectivity index (χ2v) is 5.54. The van der Waals surface area contributed by atoms with Crippen LogP contribution in [0, 0.1) is 0 Å². The minimum Gasteiger partial charge on any atom is -0.383 e. The molecule has 4 nitrogen and oxygen atoms in total. The maximum atomic E-state index is 12.6. The molecule has 1 aromatic rings. The molecule has 0 aliphatic carbocycles. The summed E-state index contributed by atoms with van der Waals surface area (Å²) in [5.41, 5.74) is -0.942. The van der Waals surface area contributed by atoms with Crippen molar-refractivity contribution < 1.29 is 21.6 Å². The van der Waals surface area contributed by atoms with Crippen molar-refractivity contribution in [3.8, 4) is 0 Å². The zero-order chi connectivity index (χ0) is 13.8. The first-order valence-corrected chi connectivity index (χ1v) is 6.73. The SMILES string of the molecule is CNS(=O)(=O)CCNc1ccccc1C(F)(F)F. The van der Waals surface area contributed by atoms with Crippen LogP contribution < -0.4 is 10.0 Å². The van der Waals surface area contributed by atoms with Gasteiger partial charge < -0.3 is 5.32 Å². The van der Waals surface area contributed by atoms with Gasteiger partial charge >= 0.3 is 6.18 Å². The average Bonchev–Trinajstić information content (AvgIpc) is 2.28. The number of halogens is 3. The number of anilines is 1. The van der Waals surface area contributed by atoms with Gasteiger partial charge in [0.1, 0.15) is 0 Å². The summed E-state index contributed by atoms with van der Waals surface area (Å²) in [6.45, 7) is -0.101. The van der Waals surface area contributed by atoms with Crippen LogP contribution in [0.25, 0.3) is 0 Å². The molecule has 0 aliphatic heterocycles. The van der Waals surface area contributed by atoms with Crippen molar-refractivity contribution in [1.29, 1.82) is 0 Å². The molecule has 0 saturated heterocycles. The van der Waals surface area contributed by atoms with Crippen LogP contribution in [0.3, 0.4) is 0 Å². The first-order valence-electron chi connectivity index (χ1n) is 5.07. The Bertz CT molecular complexity index is 500. The normalized spacial score (nSPS) is 12.4. The zero-order valence-electron chi connectivity index (χ0n) is 9.58. The molecular weight excluding hydrogens is 269 g/mol. The summed E-state index contributed by atoms with van der Waals surface area (Å²) in [5, 5.41) is 2.47. The fourth-order valence-corrected chi connectivity index (χ4v) is 1.88. The molecule has 0 spiro atoms. The lowest BCUT2D eigenvalue weighted by Gasteiger charge is -2.14. The van der Waals surface area contributed by atoms with Gasteiger partial charge in [-0.15, -0.1) is 0 Å². The number of hydrogen-bond donors (Lipinski definition) is 2. The van der Waals surface area contributed by atoms with Gasteiger partial charge in [0.2, 0.25) is 10.0 Å². The zero-order valence-corrected chi connectivity index (χ0v) is 10.4. The van der Waals surface area contributed by atoms with Gasteiger partial charge in [-0.05, 0) is 19.2 Å². The number of para-hydroxylation sites is 1. The lowest BCUT2D eigenvalue weighted by atomic mass is 10.1. The van der Waals surface area contributed by atoms with Gasteiger partial charge in [0.05, 0.1) is 11.3 Å². The molecule has 102 valence electrons. The molecule has 0 amide bonds. The second-order valence-electron chi connectivity index (χ2n) is 3.49. The van der Waals surface area contributed by atoms with Crippen molar-refractivity contribution in [2.45, 2.75) is 6.18 Å². The second kappa shape index (κ2) is 5.57. The third-order valence-electron chi connectivity index (χ3n) is 2.23. The molecular formula is C10H13F3N2O2S. The van der Waals surface area contributed by atoms with Gasteiger partial charge in [0, 0.05) is 12.2 Å². The van der Waals surface area contributed by atoms with Crippen LogP contribution in [-0.2, 0) is 16.2 Å². The number of alkyl halides is 3. The molecule has 1 rings (SSSR count). The lowest BCUT2D eigenvalue weighted by molar-refractivity contribution is -0.136. The molecule has 18 heavy (non-hydrogen) atoms. The molecule has 0 atom stereocenters. The number of nitrogens with one attached hydrogen (secondary N) is 2. The molecule has 0 aromatic heterocycles. The molecule has 8 heteroatoms. The summed E-state index contributed by atoms with van der Waals surface area (Å²) >= 11 is 0. The Morgan fingerprint density at radius 3 is 2.39 bits per heavy atom. The molecule has 0 saturated carbocycles. The maximum absolute atomic E-state index is 12.6. The number of benzene rings is 1. The van der Waals surface area contributed by atoms with Crippen LogP contribution >= 0.6 is 0 Å².